The minimum atomic E-state index is -0.0527. The number of carbonyl (C=O) groups is 2. The molecule has 2 aliphatic rings. The monoisotopic (exact) mass is 315 g/mol. The molecule has 0 radical (unpaired) electrons. The van der Waals surface area contributed by atoms with Gasteiger partial charge in [0.05, 0.1) is 0 Å². The molecule has 1 N–H and O–H groups in total. The smallest absolute Gasteiger partial charge is 0.251 e. The van der Waals surface area contributed by atoms with Crippen molar-refractivity contribution in [3.8, 4) is 0 Å². The number of piperidine rings is 1. The number of nitrogens with zero attached hydrogens (tertiary/aromatic N) is 2. The Kier molecular flexibility index (Phi) is 5.26. The topological polar surface area (TPSA) is 62.3 Å². The zero-order valence-electron chi connectivity index (χ0n) is 13.5. The van der Waals surface area contributed by atoms with Crippen molar-refractivity contribution in [3.63, 3.8) is 0 Å². The summed E-state index contributed by atoms with van der Waals surface area (Å²) in [6.45, 7) is 1.51. The molecule has 0 bridgehead atoms. The molecule has 0 atom stereocenters. The zero-order chi connectivity index (χ0) is 16.1. The van der Waals surface area contributed by atoms with Crippen molar-refractivity contribution in [2.75, 3.05) is 13.1 Å². The Morgan fingerprint density at radius 2 is 1.74 bits per heavy atom. The zero-order valence-corrected chi connectivity index (χ0v) is 13.5. The van der Waals surface area contributed by atoms with Gasteiger partial charge in [0.2, 0.25) is 5.91 Å². The fraction of sp³-hybridized carbons (Fsp3) is 0.611. The predicted octanol–water partition coefficient (Wildman–Crippen LogP) is 2.38. The Bertz CT molecular complexity index is 532. The number of nitrogens with one attached hydrogen (secondary N) is 1. The average Bonchev–Trinajstić information content (AvgIpc) is 3.09. The lowest BCUT2D eigenvalue weighted by Gasteiger charge is -2.33. The highest BCUT2D eigenvalue weighted by Crippen LogP contribution is 2.28. The summed E-state index contributed by atoms with van der Waals surface area (Å²) in [6.07, 6.45) is 10.6. The van der Waals surface area contributed by atoms with Crippen molar-refractivity contribution in [2.45, 2.75) is 51.0 Å². The molecule has 0 aromatic carbocycles. The van der Waals surface area contributed by atoms with E-state index in [2.05, 4.69) is 10.3 Å². The molecular weight excluding hydrogens is 290 g/mol. The molecule has 1 aliphatic heterocycles. The third-order valence-corrected chi connectivity index (χ3v) is 5.06. The Labute approximate surface area is 137 Å². The minimum Gasteiger partial charge on any atom is -0.349 e. The number of carbonyl (C=O) groups excluding carboxylic acids is 2. The van der Waals surface area contributed by atoms with E-state index in [9.17, 15) is 9.59 Å². The van der Waals surface area contributed by atoms with Crippen molar-refractivity contribution in [3.05, 3.63) is 30.1 Å². The van der Waals surface area contributed by atoms with Crippen LogP contribution >= 0.6 is 0 Å². The van der Waals surface area contributed by atoms with Gasteiger partial charge in [-0.3, -0.25) is 14.6 Å². The number of rotatable bonds is 4. The number of amides is 2. The lowest BCUT2D eigenvalue weighted by Crippen LogP contribution is -2.46. The van der Waals surface area contributed by atoms with Crippen LogP contribution in [0.1, 0.15) is 55.3 Å². The molecule has 5 heteroatoms. The fourth-order valence-electron chi connectivity index (χ4n) is 3.64. The normalized spacial score (nSPS) is 19.7. The fourth-order valence-corrected chi connectivity index (χ4v) is 3.64. The molecule has 0 unspecified atom stereocenters. The average molecular weight is 315 g/mol. The molecule has 1 saturated carbocycles. The first-order valence-corrected chi connectivity index (χ1v) is 8.71. The second kappa shape index (κ2) is 7.57. The first kappa shape index (κ1) is 16.0. The molecule has 0 spiro atoms. The predicted molar refractivity (Wildman–Crippen MR) is 87.9 cm³/mol. The van der Waals surface area contributed by atoms with Crippen LogP contribution in [0, 0.1) is 5.92 Å². The summed E-state index contributed by atoms with van der Waals surface area (Å²) in [5.74, 6) is 0.852. The van der Waals surface area contributed by atoms with E-state index in [4.69, 9.17) is 0 Å². The highest BCUT2D eigenvalue weighted by Gasteiger charge is 2.26. The number of hydrogen-bond acceptors (Lipinski definition) is 3. The van der Waals surface area contributed by atoms with Gasteiger partial charge in [-0.1, -0.05) is 12.8 Å². The standard InChI is InChI=1S/C18H25N3O2/c22-17(13-14-3-1-2-4-14)21-11-7-16(8-12-21)20-18(23)15-5-9-19-10-6-15/h5-6,9-10,14,16H,1-4,7-8,11-13H2,(H,20,23). The molecule has 1 aromatic rings. The van der Waals surface area contributed by atoms with Crippen molar-refractivity contribution >= 4 is 11.8 Å². The maximum atomic E-state index is 12.3. The van der Waals surface area contributed by atoms with E-state index < -0.39 is 0 Å². The molecule has 1 aromatic heterocycles. The maximum absolute atomic E-state index is 12.3. The first-order valence-electron chi connectivity index (χ1n) is 8.71. The summed E-state index contributed by atoms with van der Waals surface area (Å²) in [6, 6.07) is 3.59. The molecule has 2 amide bonds. The first-order chi connectivity index (χ1) is 11.2. The summed E-state index contributed by atoms with van der Waals surface area (Å²) in [4.78, 5) is 30.4. The van der Waals surface area contributed by atoms with Crippen molar-refractivity contribution in [1.29, 1.82) is 0 Å². The third kappa shape index (κ3) is 4.30. The molecule has 2 fully saturated rings. The van der Waals surface area contributed by atoms with E-state index in [0.29, 0.717) is 23.8 Å². The molecule has 3 rings (SSSR count). The van der Waals surface area contributed by atoms with Crippen LogP contribution < -0.4 is 5.32 Å². The van der Waals surface area contributed by atoms with Crippen LogP contribution in [-0.4, -0.2) is 40.8 Å². The number of hydrogen-bond donors (Lipinski definition) is 1. The van der Waals surface area contributed by atoms with E-state index >= 15 is 0 Å². The van der Waals surface area contributed by atoms with Gasteiger partial charge in [-0.05, 0) is 43.7 Å². The lowest BCUT2D eigenvalue weighted by molar-refractivity contribution is -0.133. The quantitative estimate of drug-likeness (QED) is 0.928. The van der Waals surface area contributed by atoms with E-state index in [-0.39, 0.29) is 11.9 Å². The van der Waals surface area contributed by atoms with Gasteiger partial charge in [0.15, 0.2) is 0 Å². The maximum Gasteiger partial charge on any atom is 0.251 e. The molecule has 5 nitrogen and oxygen atoms in total. The summed E-state index contributed by atoms with van der Waals surface area (Å²) >= 11 is 0. The summed E-state index contributed by atoms with van der Waals surface area (Å²) in [7, 11) is 0. The highest BCUT2D eigenvalue weighted by atomic mass is 16.2. The molecule has 124 valence electrons. The van der Waals surface area contributed by atoms with Gasteiger partial charge in [0, 0.05) is 43.5 Å². The SMILES string of the molecule is O=C(NC1CCN(C(=O)CC2CCCC2)CC1)c1ccncc1. The van der Waals surface area contributed by atoms with E-state index in [1.807, 2.05) is 4.90 Å². The Morgan fingerprint density at radius 1 is 1.09 bits per heavy atom. The van der Waals surface area contributed by atoms with Crippen LogP contribution in [0.25, 0.3) is 0 Å². The molecule has 1 saturated heterocycles. The largest absolute Gasteiger partial charge is 0.349 e. The van der Waals surface area contributed by atoms with Gasteiger partial charge in [-0.2, -0.15) is 0 Å². The van der Waals surface area contributed by atoms with Crippen LogP contribution in [-0.2, 0) is 4.79 Å². The summed E-state index contributed by atoms with van der Waals surface area (Å²) in [5.41, 5.74) is 0.639. The van der Waals surface area contributed by atoms with E-state index in [1.54, 1.807) is 24.5 Å². The van der Waals surface area contributed by atoms with Crippen LogP contribution in [0.2, 0.25) is 0 Å². The van der Waals surface area contributed by atoms with Gasteiger partial charge in [-0.25, -0.2) is 0 Å². The number of pyridine rings is 1. The number of likely N-dealkylation sites (tertiary alicyclic amines) is 1. The van der Waals surface area contributed by atoms with Gasteiger partial charge >= 0.3 is 0 Å². The molecule has 23 heavy (non-hydrogen) atoms. The van der Waals surface area contributed by atoms with Crippen LogP contribution in [0.4, 0.5) is 0 Å². The molecule has 2 heterocycles. The second-order valence-electron chi connectivity index (χ2n) is 6.72. The van der Waals surface area contributed by atoms with Crippen molar-refractivity contribution in [1.82, 2.24) is 15.2 Å². The second-order valence-corrected chi connectivity index (χ2v) is 6.72. The van der Waals surface area contributed by atoms with Gasteiger partial charge < -0.3 is 10.2 Å². The Hall–Kier alpha value is -1.91. The van der Waals surface area contributed by atoms with Gasteiger partial charge in [0.1, 0.15) is 0 Å². The third-order valence-electron chi connectivity index (χ3n) is 5.06. The highest BCUT2D eigenvalue weighted by molar-refractivity contribution is 5.94. The lowest BCUT2D eigenvalue weighted by atomic mass is 10.0. The van der Waals surface area contributed by atoms with Crippen LogP contribution in [0.15, 0.2) is 24.5 Å². The van der Waals surface area contributed by atoms with Gasteiger partial charge in [-0.15, -0.1) is 0 Å². The Balaban J connectivity index is 1.43. The van der Waals surface area contributed by atoms with Crippen molar-refractivity contribution < 1.29 is 9.59 Å². The van der Waals surface area contributed by atoms with E-state index in [1.165, 1.54) is 25.7 Å². The van der Waals surface area contributed by atoms with Gasteiger partial charge in [0.25, 0.3) is 5.91 Å². The van der Waals surface area contributed by atoms with Crippen molar-refractivity contribution in [2.24, 2.45) is 5.92 Å². The summed E-state index contributed by atoms with van der Waals surface area (Å²) in [5, 5.41) is 3.06. The summed E-state index contributed by atoms with van der Waals surface area (Å²) < 4.78 is 0. The molecular formula is C18H25N3O2. The minimum absolute atomic E-state index is 0.0527. The van der Waals surface area contributed by atoms with Crippen LogP contribution in [0.3, 0.4) is 0 Å². The van der Waals surface area contributed by atoms with E-state index in [0.717, 1.165) is 25.9 Å². The van der Waals surface area contributed by atoms with Crippen LogP contribution in [0.5, 0.6) is 0 Å². The molecule has 1 aliphatic carbocycles. The number of aromatic nitrogens is 1. The Morgan fingerprint density at radius 3 is 2.39 bits per heavy atom.